The Bertz CT molecular complexity index is 663. The smallest absolute Gasteiger partial charge is 0.255 e. The van der Waals surface area contributed by atoms with Crippen LogP contribution < -0.4 is 10.1 Å². The number of alkyl halides is 1. The quantitative estimate of drug-likeness (QED) is 0.859. The van der Waals surface area contributed by atoms with Crippen molar-refractivity contribution in [1.82, 2.24) is 0 Å². The summed E-state index contributed by atoms with van der Waals surface area (Å²) in [5.74, 6) is 0.737. The minimum atomic E-state index is -0.214. The van der Waals surface area contributed by atoms with E-state index in [0.717, 1.165) is 5.56 Å². The van der Waals surface area contributed by atoms with Gasteiger partial charge in [-0.05, 0) is 29.8 Å². The molecule has 0 aliphatic carbocycles. The van der Waals surface area contributed by atoms with Crippen LogP contribution in [0.2, 0.25) is 0 Å². The van der Waals surface area contributed by atoms with Gasteiger partial charge in [0.05, 0.1) is 0 Å². The van der Waals surface area contributed by atoms with Crippen LogP contribution in [0.15, 0.2) is 48.5 Å². The molecule has 0 spiro atoms. The normalized spacial score (nSPS) is 9.71. The summed E-state index contributed by atoms with van der Waals surface area (Å²) >= 11 is 5.71. The minimum absolute atomic E-state index is 0.0305. The van der Waals surface area contributed by atoms with Gasteiger partial charge in [0, 0.05) is 23.2 Å². The summed E-state index contributed by atoms with van der Waals surface area (Å²) in [4.78, 5) is 12.1. The van der Waals surface area contributed by atoms with Gasteiger partial charge in [0.1, 0.15) is 11.8 Å². The second-order valence-corrected chi connectivity index (χ2v) is 4.53. The molecule has 0 unspecified atom stereocenters. The van der Waals surface area contributed by atoms with E-state index in [4.69, 9.17) is 21.6 Å². The van der Waals surface area contributed by atoms with Gasteiger partial charge < -0.3 is 10.1 Å². The molecule has 0 saturated heterocycles. The molecule has 2 aromatic carbocycles. The van der Waals surface area contributed by atoms with Crippen molar-refractivity contribution in [2.75, 3.05) is 11.9 Å². The fraction of sp³-hybridized carbons (Fsp3) is 0.125. The first kappa shape index (κ1) is 14.9. The molecule has 106 valence electrons. The monoisotopic (exact) mass is 300 g/mol. The number of carbonyl (C=O) groups is 1. The Morgan fingerprint density at radius 1 is 1.24 bits per heavy atom. The maximum absolute atomic E-state index is 12.1. The van der Waals surface area contributed by atoms with Crippen molar-refractivity contribution < 1.29 is 9.53 Å². The molecule has 0 aromatic heterocycles. The van der Waals surface area contributed by atoms with Gasteiger partial charge in [-0.2, -0.15) is 5.26 Å². The summed E-state index contributed by atoms with van der Waals surface area (Å²) in [6.45, 7) is -0.0305. The molecule has 2 aromatic rings. The third-order valence-corrected chi connectivity index (χ3v) is 3.07. The van der Waals surface area contributed by atoms with Gasteiger partial charge in [-0.15, -0.1) is 11.6 Å². The first-order valence-electron chi connectivity index (χ1n) is 6.29. The number of halogens is 1. The van der Waals surface area contributed by atoms with Crippen LogP contribution in [-0.2, 0) is 5.88 Å². The summed E-state index contributed by atoms with van der Waals surface area (Å²) in [5, 5.41) is 11.3. The maximum atomic E-state index is 12.1. The molecule has 21 heavy (non-hydrogen) atoms. The van der Waals surface area contributed by atoms with Gasteiger partial charge >= 0.3 is 0 Å². The number of nitrogens with zero attached hydrogens (tertiary/aromatic N) is 1. The Morgan fingerprint density at radius 2 is 2.00 bits per heavy atom. The molecule has 0 aliphatic heterocycles. The van der Waals surface area contributed by atoms with Crippen molar-refractivity contribution >= 4 is 23.2 Å². The van der Waals surface area contributed by atoms with Crippen LogP contribution >= 0.6 is 11.6 Å². The Hall–Kier alpha value is -2.51. The number of hydrogen-bond acceptors (Lipinski definition) is 3. The average molecular weight is 301 g/mol. The van der Waals surface area contributed by atoms with Crippen molar-refractivity contribution in [3.63, 3.8) is 0 Å². The predicted molar refractivity (Wildman–Crippen MR) is 81.5 cm³/mol. The first-order chi connectivity index (χ1) is 10.2. The van der Waals surface area contributed by atoms with Crippen molar-refractivity contribution in [2.24, 2.45) is 0 Å². The van der Waals surface area contributed by atoms with Gasteiger partial charge in [-0.1, -0.05) is 18.2 Å². The zero-order valence-corrected chi connectivity index (χ0v) is 11.9. The molecular weight excluding hydrogens is 288 g/mol. The van der Waals surface area contributed by atoms with E-state index in [0.29, 0.717) is 22.9 Å². The van der Waals surface area contributed by atoms with E-state index in [1.54, 1.807) is 36.4 Å². The van der Waals surface area contributed by atoms with Gasteiger partial charge in [-0.25, -0.2) is 0 Å². The van der Waals surface area contributed by atoms with Crippen LogP contribution in [0.5, 0.6) is 5.75 Å². The Kier molecular flexibility index (Phi) is 5.19. The Balaban J connectivity index is 2.06. The number of ether oxygens (including phenoxy) is 1. The van der Waals surface area contributed by atoms with E-state index >= 15 is 0 Å². The SMILES string of the molecule is N#CCOc1cccc(NC(=O)c2ccc(CCl)cc2)c1. The highest BCUT2D eigenvalue weighted by Gasteiger charge is 2.06. The number of benzene rings is 2. The predicted octanol–water partition coefficient (Wildman–Crippen LogP) is 3.58. The molecule has 5 heteroatoms. The number of rotatable bonds is 5. The highest BCUT2D eigenvalue weighted by atomic mass is 35.5. The summed E-state index contributed by atoms with van der Waals surface area (Å²) < 4.78 is 5.19. The van der Waals surface area contributed by atoms with Gasteiger partial charge in [0.25, 0.3) is 5.91 Å². The summed E-state index contributed by atoms with van der Waals surface area (Å²) in [7, 11) is 0. The van der Waals surface area contributed by atoms with Crippen LogP contribution in [0, 0.1) is 11.3 Å². The molecule has 0 bridgehead atoms. The third-order valence-electron chi connectivity index (χ3n) is 2.77. The van der Waals surface area contributed by atoms with Crippen LogP contribution in [0.3, 0.4) is 0 Å². The van der Waals surface area contributed by atoms with E-state index in [1.165, 1.54) is 0 Å². The fourth-order valence-corrected chi connectivity index (χ4v) is 1.91. The standard InChI is InChI=1S/C16H13ClN2O2/c17-11-12-4-6-13(7-5-12)16(20)19-14-2-1-3-15(10-14)21-9-8-18/h1-7,10H,9,11H2,(H,19,20). The number of carbonyl (C=O) groups excluding carboxylic acids is 1. The lowest BCUT2D eigenvalue weighted by molar-refractivity contribution is 0.102. The zero-order valence-electron chi connectivity index (χ0n) is 11.2. The van der Waals surface area contributed by atoms with Crippen LogP contribution in [-0.4, -0.2) is 12.5 Å². The largest absolute Gasteiger partial charge is 0.479 e. The van der Waals surface area contributed by atoms with E-state index in [1.807, 2.05) is 18.2 Å². The van der Waals surface area contributed by atoms with Crippen molar-refractivity contribution in [2.45, 2.75) is 5.88 Å². The van der Waals surface area contributed by atoms with Crippen molar-refractivity contribution in [1.29, 1.82) is 5.26 Å². The lowest BCUT2D eigenvalue weighted by atomic mass is 10.1. The number of nitrogens with one attached hydrogen (secondary N) is 1. The number of amides is 1. The van der Waals surface area contributed by atoms with Gasteiger partial charge in [0.2, 0.25) is 0 Å². The number of nitriles is 1. The molecule has 0 fully saturated rings. The first-order valence-corrected chi connectivity index (χ1v) is 6.82. The summed E-state index contributed by atoms with van der Waals surface area (Å²) in [6, 6.07) is 15.9. The number of hydrogen-bond donors (Lipinski definition) is 1. The Morgan fingerprint density at radius 3 is 2.67 bits per heavy atom. The topological polar surface area (TPSA) is 62.1 Å². The molecule has 2 rings (SSSR count). The van der Waals surface area contributed by atoms with E-state index in [2.05, 4.69) is 5.32 Å². The van der Waals surface area contributed by atoms with Crippen molar-refractivity contribution in [3.05, 3.63) is 59.7 Å². The van der Waals surface area contributed by atoms with Crippen LogP contribution in [0.25, 0.3) is 0 Å². The maximum Gasteiger partial charge on any atom is 0.255 e. The van der Waals surface area contributed by atoms with Gasteiger partial charge in [0.15, 0.2) is 6.61 Å². The molecule has 0 heterocycles. The lowest BCUT2D eigenvalue weighted by Gasteiger charge is -2.08. The summed E-state index contributed by atoms with van der Waals surface area (Å²) in [5.41, 5.74) is 2.11. The lowest BCUT2D eigenvalue weighted by Crippen LogP contribution is -2.11. The average Bonchev–Trinajstić information content (AvgIpc) is 2.53. The highest BCUT2D eigenvalue weighted by Crippen LogP contribution is 2.18. The number of anilines is 1. The van der Waals surface area contributed by atoms with E-state index in [9.17, 15) is 4.79 Å². The third kappa shape index (κ3) is 4.23. The highest BCUT2D eigenvalue weighted by molar-refractivity contribution is 6.17. The van der Waals surface area contributed by atoms with Crippen LogP contribution in [0.1, 0.15) is 15.9 Å². The minimum Gasteiger partial charge on any atom is -0.479 e. The summed E-state index contributed by atoms with van der Waals surface area (Å²) in [6.07, 6.45) is 0. The Labute approximate surface area is 127 Å². The molecule has 1 amide bonds. The molecular formula is C16H13ClN2O2. The van der Waals surface area contributed by atoms with Gasteiger partial charge in [-0.3, -0.25) is 4.79 Å². The second-order valence-electron chi connectivity index (χ2n) is 4.26. The molecule has 0 radical (unpaired) electrons. The van der Waals surface area contributed by atoms with E-state index in [-0.39, 0.29) is 12.5 Å². The molecule has 0 aliphatic rings. The van der Waals surface area contributed by atoms with E-state index < -0.39 is 0 Å². The fourth-order valence-electron chi connectivity index (χ4n) is 1.73. The second kappa shape index (κ2) is 7.32. The molecule has 4 nitrogen and oxygen atoms in total. The van der Waals surface area contributed by atoms with Crippen molar-refractivity contribution in [3.8, 4) is 11.8 Å². The van der Waals surface area contributed by atoms with Crippen LogP contribution in [0.4, 0.5) is 5.69 Å². The zero-order chi connectivity index (χ0) is 15.1. The molecule has 0 saturated carbocycles. The molecule has 0 atom stereocenters. The molecule has 1 N–H and O–H groups in total.